The number of hydrogen-bond donors (Lipinski definition) is 1. The van der Waals surface area contributed by atoms with Gasteiger partial charge in [-0.15, -0.1) is 0 Å². The van der Waals surface area contributed by atoms with E-state index in [2.05, 4.69) is 18.3 Å². The molecule has 1 aromatic heterocycles. The number of methoxy groups -OCH3 is 1. The highest BCUT2D eigenvalue weighted by Gasteiger charge is 2.21. The molecule has 4 nitrogen and oxygen atoms in total. The largest absolute Gasteiger partial charge is 0.497 e. The van der Waals surface area contributed by atoms with Crippen molar-refractivity contribution in [2.75, 3.05) is 25.6 Å². The molecule has 112 valence electrons. The van der Waals surface area contributed by atoms with E-state index >= 15 is 0 Å². The minimum atomic E-state index is 0.619. The molecule has 2 aromatic rings. The quantitative estimate of drug-likeness (QED) is 0.844. The molecular weight excluding hydrogens is 264 g/mol. The fraction of sp³-hybridized carbons (Fsp3) is 0.471. The molecule has 0 spiro atoms. The van der Waals surface area contributed by atoms with Crippen LogP contribution in [0, 0.1) is 5.92 Å². The van der Waals surface area contributed by atoms with Gasteiger partial charge in [-0.05, 0) is 43.9 Å². The van der Waals surface area contributed by atoms with Gasteiger partial charge in [-0.25, -0.2) is 4.98 Å². The SMILES string of the molecule is CCNc1nc2cc(OC)ccc2cc1COCC1CC1. The third-order valence-electron chi connectivity index (χ3n) is 3.76. The molecule has 1 aliphatic carbocycles. The summed E-state index contributed by atoms with van der Waals surface area (Å²) in [6, 6.07) is 8.13. The van der Waals surface area contributed by atoms with Gasteiger partial charge in [-0.1, -0.05) is 0 Å². The number of rotatable bonds is 7. The second kappa shape index (κ2) is 6.31. The van der Waals surface area contributed by atoms with Crippen molar-refractivity contribution in [3.8, 4) is 5.75 Å². The van der Waals surface area contributed by atoms with E-state index in [0.29, 0.717) is 6.61 Å². The molecule has 1 N–H and O–H groups in total. The van der Waals surface area contributed by atoms with Gasteiger partial charge < -0.3 is 14.8 Å². The van der Waals surface area contributed by atoms with Crippen molar-refractivity contribution >= 4 is 16.7 Å². The first-order chi connectivity index (χ1) is 10.3. The smallest absolute Gasteiger partial charge is 0.132 e. The van der Waals surface area contributed by atoms with Crippen LogP contribution in [0.25, 0.3) is 10.9 Å². The van der Waals surface area contributed by atoms with E-state index in [1.807, 2.05) is 18.2 Å². The van der Waals surface area contributed by atoms with Crippen molar-refractivity contribution < 1.29 is 9.47 Å². The molecule has 1 aromatic carbocycles. The van der Waals surface area contributed by atoms with E-state index in [-0.39, 0.29) is 0 Å². The topological polar surface area (TPSA) is 43.4 Å². The van der Waals surface area contributed by atoms with Crippen molar-refractivity contribution in [2.45, 2.75) is 26.4 Å². The van der Waals surface area contributed by atoms with Crippen LogP contribution >= 0.6 is 0 Å². The summed E-state index contributed by atoms with van der Waals surface area (Å²) in [5, 5.41) is 4.44. The second-order valence-corrected chi connectivity index (χ2v) is 5.54. The first-order valence-electron chi connectivity index (χ1n) is 7.59. The van der Waals surface area contributed by atoms with Gasteiger partial charge in [0.05, 0.1) is 19.2 Å². The van der Waals surface area contributed by atoms with Crippen molar-refractivity contribution in [3.05, 3.63) is 29.8 Å². The lowest BCUT2D eigenvalue weighted by molar-refractivity contribution is 0.111. The molecule has 4 heteroatoms. The molecule has 0 amide bonds. The lowest BCUT2D eigenvalue weighted by Crippen LogP contribution is -2.06. The number of aromatic nitrogens is 1. The Hall–Kier alpha value is -1.81. The van der Waals surface area contributed by atoms with E-state index in [1.54, 1.807) is 7.11 Å². The van der Waals surface area contributed by atoms with Gasteiger partial charge in [0, 0.05) is 30.2 Å². The minimum absolute atomic E-state index is 0.619. The molecule has 0 aliphatic heterocycles. The zero-order valence-electron chi connectivity index (χ0n) is 12.7. The van der Waals surface area contributed by atoms with E-state index in [1.165, 1.54) is 12.8 Å². The Kier molecular flexibility index (Phi) is 4.25. The molecular formula is C17H22N2O2. The molecule has 0 atom stereocenters. The number of hydrogen-bond acceptors (Lipinski definition) is 4. The average molecular weight is 286 g/mol. The third-order valence-corrected chi connectivity index (χ3v) is 3.76. The number of nitrogens with zero attached hydrogens (tertiary/aromatic N) is 1. The molecule has 0 saturated heterocycles. The van der Waals surface area contributed by atoms with Crippen LogP contribution in [-0.2, 0) is 11.3 Å². The summed E-state index contributed by atoms with van der Waals surface area (Å²) in [5.74, 6) is 2.52. The van der Waals surface area contributed by atoms with Crippen LogP contribution in [0.3, 0.4) is 0 Å². The van der Waals surface area contributed by atoms with Crippen LogP contribution in [0.4, 0.5) is 5.82 Å². The molecule has 0 radical (unpaired) electrons. The molecule has 0 bridgehead atoms. The van der Waals surface area contributed by atoms with E-state index in [0.717, 1.165) is 47.1 Å². The van der Waals surface area contributed by atoms with Crippen LogP contribution in [0.2, 0.25) is 0 Å². The monoisotopic (exact) mass is 286 g/mol. The van der Waals surface area contributed by atoms with Gasteiger partial charge in [0.25, 0.3) is 0 Å². The first kappa shape index (κ1) is 14.1. The van der Waals surface area contributed by atoms with Crippen molar-refractivity contribution in [1.82, 2.24) is 4.98 Å². The number of ether oxygens (including phenoxy) is 2. The molecule has 1 fully saturated rings. The second-order valence-electron chi connectivity index (χ2n) is 5.54. The zero-order valence-corrected chi connectivity index (χ0v) is 12.7. The summed E-state index contributed by atoms with van der Waals surface area (Å²) in [6.45, 7) is 4.41. The Bertz CT molecular complexity index is 623. The Balaban J connectivity index is 1.86. The highest BCUT2D eigenvalue weighted by atomic mass is 16.5. The fourth-order valence-corrected chi connectivity index (χ4v) is 2.37. The Labute approximate surface area is 125 Å². The van der Waals surface area contributed by atoms with Gasteiger partial charge in [-0.2, -0.15) is 0 Å². The lowest BCUT2D eigenvalue weighted by atomic mass is 10.1. The summed E-state index contributed by atoms with van der Waals surface area (Å²) >= 11 is 0. The maximum Gasteiger partial charge on any atom is 0.132 e. The van der Waals surface area contributed by atoms with Gasteiger partial charge in [0.15, 0.2) is 0 Å². The van der Waals surface area contributed by atoms with Crippen molar-refractivity contribution in [2.24, 2.45) is 5.92 Å². The zero-order chi connectivity index (χ0) is 14.7. The molecule has 0 unspecified atom stereocenters. The maximum absolute atomic E-state index is 5.82. The predicted octanol–water partition coefficient (Wildman–Crippen LogP) is 3.60. The normalized spacial score (nSPS) is 14.4. The summed E-state index contributed by atoms with van der Waals surface area (Å²) in [4.78, 5) is 4.72. The number of nitrogens with one attached hydrogen (secondary N) is 1. The van der Waals surface area contributed by atoms with Crippen LogP contribution in [0.5, 0.6) is 5.75 Å². The van der Waals surface area contributed by atoms with E-state index in [9.17, 15) is 0 Å². The molecule has 21 heavy (non-hydrogen) atoms. The maximum atomic E-state index is 5.82. The summed E-state index contributed by atoms with van der Waals surface area (Å²) in [6.07, 6.45) is 2.63. The summed E-state index contributed by atoms with van der Waals surface area (Å²) in [5.41, 5.74) is 2.06. The highest BCUT2D eigenvalue weighted by Crippen LogP contribution is 2.30. The standard InChI is InChI=1S/C17H22N2O2/c1-3-18-17-14(11-21-10-12-4-5-12)8-13-6-7-15(20-2)9-16(13)19-17/h6-9,12H,3-5,10-11H2,1-2H3,(H,18,19). The van der Waals surface area contributed by atoms with Crippen LogP contribution in [0.1, 0.15) is 25.3 Å². The van der Waals surface area contributed by atoms with Gasteiger partial charge in [0.1, 0.15) is 11.6 Å². The van der Waals surface area contributed by atoms with Gasteiger partial charge in [-0.3, -0.25) is 0 Å². The fourth-order valence-electron chi connectivity index (χ4n) is 2.37. The van der Waals surface area contributed by atoms with Gasteiger partial charge in [0.2, 0.25) is 0 Å². The predicted molar refractivity (Wildman–Crippen MR) is 84.8 cm³/mol. The first-order valence-corrected chi connectivity index (χ1v) is 7.59. The minimum Gasteiger partial charge on any atom is -0.497 e. The van der Waals surface area contributed by atoms with E-state index in [4.69, 9.17) is 14.5 Å². The Morgan fingerprint density at radius 1 is 1.29 bits per heavy atom. The summed E-state index contributed by atoms with van der Waals surface area (Å²) < 4.78 is 11.1. The number of fused-ring (bicyclic) bond motifs is 1. The van der Waals surface area contributed by atoms with Gasteiger partial charge >= 0.3 is 0 Å². The molecule has 3 rings (SSSR count). The molecule has 1 heterocycles. The van der Waals surface area contributed by atoms with Crippen LogP contribution in [0.15, 0.2) is 24.3 Å². The number of anilines is 1. The van der Waals surface area contributed by atoms with Crippen LogP contribution < -0.4 is 10.1 Å². The average Bonchev–Trinajstić information content (AvgIpc) is 3.31. The van der Waals surface area contributed by atoms with E-state index < -0.39 is 0 Å². The number of pyridine rings is 1. The number of benzene rings is 1. The lowest BCUT2D eigenvalue weighted by Gasteiger charge is -2.12. The highest BCUT2D eigenvalue weighted by molar-refractivity contribution is 5.83. The van der Waals surface area contributed by atoms with Crippen molar-refractivity contribution in [1.29, 1.82) is 0 Å². The Morgan fingerprint density at radius 2 is 2.14 bits per heavy atom. The molecule has 1 saturated carbocycles. The third kappa shape index (κ3) is 3.45. The summed E-state index contributed by atoms with van der Waals surface area (Å²) in [7, 11) is 1.67. The van der Waals surface area contributed by atoms with Crippen LogP contribution in [-0.4, -0.2) is 25.2 Å². The molecule has 1 aliphatic rings. The Morgan fingerprint density at radius 3 is 2.86 bits per heavy atom. The van der Waals surface area contributed by atoms with Crippen molar-refractivity contribution in [3.63, 3.8) is 0 Å².